The Hall–Kier alpha value is -2.38. The molecule has 0 rings (SSSR count). The Morgan fingerprint density at radius 3 is 1.82 bits per heavy atom. The molecule has 190 valence electrons. The van der Waals surface area contributed by atoms with Crippen LogP contribution < -0.4 is 0 Å². The lowest BCUT2D eigenvalue weighted by atomic mass is 10.2. The molecule has 34 heavy (non-hydrogen) atoms. The molecule has 0 aromatic heterocycles. The molecule has 0 aliphatic heterocycles. The number of hydrogen-bond donors (Lipinski definition) is 0. The summed E-state index contributed by atoms with van der Waals surface area (Å²) >= 11 is 3.42. The van der Waals surface area contributed by atoms with Crippen molar-refractivity contribution in [1.82, 2.24) is 0 Å². The van der Waals surface area contributed by atoms with Gasteiger partial charge < -0.3 is 18.9 Å². The van der Waals surface area contributed by atoms with Gasteiger partial charge in [-0.15, -0.1) is 29.9 Å². The third kappa shape index (κ3) is 22.8. The van der Waals surface area contributed by atoms with Crippen LogP contribution in [-0.4, -0.2) is 61.8 Å². The minimum Gasteiger partial charge on any atom is -0.465 e. The van der Waals surface area contributed by atoms with Gasteiger partial charge in [-0.3, -0.25) is 9.59 Å². The van der Waals surface area contributed by atoms with Crippen molar-refractivity contribution < 1.29 is 38.1 Å². The molecule has 0 unspecified atom stereocenters. The Kier molecular flexibility index (Phi) is 22.1. The largest absolute Gasteiger partial charge is 0.465 e. The first-order valence-electron chi connectivity index (χ1n) is 11.1. The first-order valence-corrected chi connectivity index (χ1v) is 13.2. The Balaban J connectivity index is 3.55. The zero-order valence-corrected chi connectivity index (χ0v) is 21.3. The summed E-state index contributed by atoms with van der Waals surface area (Å²) in [6, 6.07) is 0. The number of hydrogen-bond acceptors (Lipinski definition) is 10. The summed E-state index contributed by atoms with van der Waals surface area (Å²) < 4.78 is 19.3. The summed E-state index contributed by atoms with van der Waals surface area (Å²) in [5, 5.41) is 3.84. The SMILES string of the molecule is C#CC(=O)OCCCOC(=O)CC(=O)OCCCOC(=O)/C=C/SCCCCCCSC=CC. The summed E-state index contributed by atoms with van der Waals surface area (Å²) in [5.74, 6) is 1.19. The fourth-order valence-corrected chi connectivity index (χ4v) is 3.61. The number of terminal acetylenes is 1. The van der Waals surface area contributed by atoms with E-state index in [1.165, 1.54) is 25.3 Å². The van der Waals surface area contributed by atoms with Gasteiger partial charge in [0.15, 0.2) is 0 Å². The lowest BCUT2D eigenvalue weighted by molar-refractivity contribution is -0.154. The average Bonchev–Trinajstić information content (AvgIpc) is 2.81. The smallest absolute Gasteiger partial charge is 0.384 e. The monoisotopic (exact) mass is 514 g/mol. The molecular weight excluding hydrogens is 480 g/mol. The molecule has 0 aromatic rings. The predicted octanol–water partition coefficient (Wildman–Crippen LogP) is 4.04. The van der Waals surface area contributed by atoms with Crippen LogP contribution in [0, 0.1) is 12.3 Å². The van der Waals surface area contributed by atoms with Gasteiger partial charge in [0.2, 0.25) is 0 Å². The van der Waals surface area contributed by atoms with Crippen molar-refractivity contribution in [2.75, 3.05) is 37.9 Å². The molecule has 0 heterocycles. The second kappa shape index (κ2) is 23.8. The number of esters is 4. The second-order valence-corrected chi connectivity index (χ2v) is 8.73. The summed E-state index contributed by atoms with van der Waals surface area (Å²) in [6.45, 7) is 2.15. The van der Waals surface area contributed by atoms with Crippen LogP contribution in [-0.2, 0) is 38.1 Å². The van der Waals surface area contributed by atoms with Gasteiger partial charge in [-0.05, 0) is 42.1 Å². The van der Waals surface area contributed by atoms with Crippen molar-refractivity contribution in [1.29, 1.82) is 0 Å². The molecule has 0 N–H and O–H groups in total. The normalized spacial score (nSPS) is 10.7. The summed E-state index contributed by atoms with van der Waals surface area (Å²) in [7, 11) is 0. The Morgan fingerprint density at radius 1 is 0.735 bits per heavy atom. The fraction of sp³-hybridized carbons (Fsp3) is 0.583. The molecule has 0 fully saturated rings. The first kappa shape index (κ1) is 31.6. The van der Waals surface area contributed by atoms with E-state index in [4.69, 9.17) is 20.6 Å². The maximum atomic E-state index is 11.6. The van der Waals surface area contributed by atoms with E-state index >= 15 is 0 Å². The molecule has 0 saturated carbocycles. The summed E-state index contributed by atoms with van der Waals surface area (Å²) in [6.07, 6.45) is 13.0. The van der Waals surface area contributed by atoms with Crippen molar-refractivity contribution in [3.8, 4) is 12.3 Å². The Bertz CT molecular complexity index is 698. The van der Waals surface area contributed by atoms with E-state index in [2.05, 4.69) is 10.1 Å². The number of carbonyl (C=O) groups is 4. The van der Waals surface area contributed by atoms with Crippen molar-refractivity contribution in [2.24, 2.45) is 0 Å². The number of unbranched alkanes of at least 4 members (excludes halogenated alkanes) is 3. The third-order valence-corrected chi connectivity index (χ3v) is 5.64. The van der Waals surface area contributed by atoms with Crippen LogP contribution in [0.4, 0.5) is 0 Å². The van der Waals surface area contributed by atoms with Gasteiger partial charge in [0.1, 0.15) is 6.42 Å². The summed E-state index contributed by atoms with van der Waals surface area (Å²) in [5.41, 5.74) is 0. The molecule has 0 atom stereocenters. The molecule has 0 aromatic carbocycles. The van der Waals surface area contributed by atoms with Crippen molar-refractivity contribution in [3.63, 3.8) is 0 Å². The van der Waals surface area contributed by atoms with Crippen LogP contribution in [0.3, 0.4) is 0 Å². The molecule has 0 amide bonds. The van der Waals surface area contributed by atoms with E-state index in [-0.39, 0.29) is 32.8 Å². The minimum absolute atomic E-state index is 0.0118. The van der Waals surface area contributed by atoms with E-state index < -0.39 is 30.3 Å². The van der Waals surface area contributed by atoms with Gasteiger partial charge >= 0.3 is 23.9 Å². The standard InChI is InChI=1S/C24H34O8S2/c1-3-16-33-17-7-5-6-8-18-34-19-11-22(26)30-13-10-15-32-24(28)20-23(27)31-14-9-12-29-21(25)4-2/h2-3,11,16,19H,5-10,12-15,17-18,20H2,1H3/b16-3?,19-11+. The van der Waals surface area contributed by atoms with Crippen LogP contribution >= 0.6 is 23.5 Å². The lowest BCUT2D eigenvalue weighted by Gasteiger charge is -2.06. The van der Waals surface area contributed by atoms with E-state index in [9.17, 15) is 19.2 Å². The number of allylic oxidation sites excluding steroid dienone is 1. The van der Waals surface area contributed by atoms with Crippen LogP contribution in [0.1, 0.15) is 51.9 Å². The molecule has 0 saturated heterocycles. The Morgan fingerprint density at radius 2 is 1.26 bits per heavy atom. The highest BCUT2D eigenvalue weighted by atomic mass is 32.2. The molecule has 0 bridgehead atoms. The van der Waals surface area contributed by atoms with E-state index in [1.807, 2.05) is 24.8 Å². The van der Waals surface area contributed by atoms with Gasteiger partial charge in [0.05, 0.1) is 26.4 Å². The van der Waals surface area contributed by atoms with Gasteiger partial charge in [-0.25, -0.2) is 9.59 Å². The third-order valence-electron chi connectivity index (χ3n) is 3.79. The number of ether oxygens (including phenoxy) is 4. The first-order chi connectivity index (χ1) is 16.5. The maximum absolute atomic E-state index is 11.6. The topological polar surface area (TPSA) is 105 Å². The van der Waals surface area contributed by atoms with E-state index in [0.717, 1.165) is 17.9 Å². The average molecular weight is 515 g/mol. The fourth-order valence-electron chi connectivity index (χ4n) is 2.20. The molecule has 8 nitrogen and oxygen atoms in total. The van der Waals surface area contributed by atoms with Gasteiger partial charge in [0.25, 0.3) is 0 Å². The van der Waals surface area contributed by atoms with Crippen molar-refractivity contribution in [2.45, 2.75) is 51.9 Å². The van der Waals surface area contributed by atoms with Crippen LogP contribution in [0.5, 0.6) is 0 Å². The van der Waals surface area contributed by atoms with Crippen LogP contribution in [0.25, 0.3) is 0 Å². The zero-order valence-electron chi connectivity index (χ0n) is 19.7. The highest BCUT2D eigenvalue weighted by Gasteiger charge is 2.12. The van der Waals surface area contributed by atoms with Gasteiger partial charge in [0, 0.05) is 24.8 Å². The molecule has 0 aliphatic rings. The Labute approximate surface area is 210 Å². The quantitative estimate of drug-likeness (QED) is 0.0449. The molecule has 0 radical (unpaired) electrons. The lowest BCUT2D eigenvalue weighted by Crippen LogP contribution is -2.16. The zero-order chi connectivity index (χ0) is 25.3. The van der Waals surface area contributed by atoms with Crippen LogP contribution in [0.2, 0.25) is 0 Å². The van der Waals surface area contributed by atoms with E-state index in [0.29, 0.717) is 6.42 Å². The summed E-state index contributed by atoms with van der Waals surface area (Å²) in [4.78, 5) is 45.4. The second-order valence-electron chi connectivity index (χ2n) is 6.70. The number of rotatable bonds is 20. The molecule has 10 heteroatoms. The van der Waals surface area contributed by atoms with Crippen molar-refractivity contribution in [3.05, 3.63) is 23.0 Å². The van der Waals surface area contributed by atoms with Gasteiger partial charge in [-0.1, -0.05) is 18.9 Å². The predicted molar refractivity (Wildman–Crippen MR) is 134 cm³/mol. The van der Waals surface area contributed by atoms with E-state index in [1.54, 1.807) is 23.1 Å². The highest BCUT2D eigenvalue weighted by molar-refractivity contribution is 8.02. The maximum Gasteiger partial charge on any atom is 0.384 e. The molecular formula is C24H34O8S2. The number of thioether (sulfide) groups is 2. The molecule has 0 aliphatic carbocycles. The minimum atomic E-state index is -0.789. The number of carbonyl (C=O) groups excluding carboxylic acids is 4. The highest BCUT2D eigenvalue weighted by Crippen LogP contribution is 2.12. The molecule has 0 spiro atoms. The van der Waals surface area contributed by atoms with Gasteiger partial charge in [-0.2, -0.15) is 0 Å². The van der Waals surface area contributed by atoms with Crippen molar-refractivity contribution >= 4 is 47.4 Å². The van der Waals surface area contributed by atoms with Crippen LogP contribution in [0.15, 0.2) is 23.0 Å².